The molecule has 1 spiro atoms. The molecule has 0 aliphatic carbocycles. The van der Waals surface area contributed by atoms with Gasteiger partial charge in [0.2, 0.25) is 5.91 Å². The molecular weight excluding hydrogens is 310 g/mol. The summed E-state index contributed by atoms with van der Waals surface area (Å²) in [5.74, 6) is -0.828. The lowest BCUT2D eigenvalue weighted by Gasteiger charge is -2.39. The summed E-state index contributed by atoms with van der Waals surface area (Å²) >= 11 is 0. The van der Waals surface area contributed by atoms with Crippen LogP contribution in [0.5, 0.6) is 0 Å². The van der Waals surface area contributed by atoms with E-state index in [1.807, 2.05) is 4.90 Å². The normalized spacial score (nSPS) is 24.0. The fourth-order valence-electron chi connectivity index (χ4n) is 3.77. The Morgan fingerprint density at radius 1 is 1.42 bits per heavy atom. The van der Waals surface area contributed by atoms with Crippen LogP contribution in [0.2, 0.25) is 0 Å². The molecule has 1 aromatic heterocycles. The lowest BCUT2D eigenvalue weighted by Crippen LogP contribution is -2.50. The van der Waals surface area contributed by atoms with E-state index in [9.17, 15) is 9.59 Å². The van der Waals surface area contributed by atoms with Gasteiger partial charge >= 0.3 is 5.97 Å². The number of hydrogen-bond donors (Lipinski definition) is 1. The van der Waals surface area contributed by atoms with E-state index in [0.717, 1.165) is 38.0 Å². The molecule has 3 rings (SSSR count). The van der Waals surface area contributed by atoms with Gasteiger partial charge in [-0.3, -0.25) is 4.79 Å². The predicted molar refractivity (Wildman–Crippen MR) is 88.1 cm³/mol. The number of anilines is 1. The molecule has 1 N–H and O–H groups in total. The number of carbonyl (C=O) groups excluding carboxylic acids is 1. The Bertz CT molecular complexity index is 636. The third-order valence-corrected chi connectivity index (χ3v) is 5.07. The summed E-state index contributed by atoms with van der Waals surface area (Å²) in [6, 6.07) is 3.39. The van der Waals surface area contributed by atoms with E-state index < -0.39 is 5.97 Å². The molecule has 2 aliphatic rings. The molecular formula is C17H23N3O4. The summed E-state index contributed by atoms with van der Waals surface area (Å²) < 4.78 is 5.10. The Kier molecular flexibility index (Phi) is 4.71. The summed E-state index contributed by atoms with van der Waals surface area (Å²) in [5, 5.41) is 9.10. The number of piperidine rings is 1. The summed E-state index contributed by atoms with van der Waals surface area (Å²) in [5.41, 5.74) is 0.504. The minimum Gasteiger partial charge on any atom is -0.477 e. The molecule has 1 amide bonds. The number of pyridine rings is 1. The topological polar surface area (TPSA) is 83.0 Å². The second-order valence-electron chi connectivity index (χ2n) is 6.54. The molecule has 0 radical (unpaired) electrons. The zero-order chi connectivity index (χ0) is 17.2. The maximum Gasteiger partial charge on any atom is 0.354 e. The number of aromatic carboxylic acids is 1. The van der Waals surface area contributed by atoms with Crippen molar-refractivity contribution < 1.29 is 19.4 Å². The molecule has 0 unspecified atom stereocenters. The van der Waals surface area contributed by atoms with Gasteiger partial charge in [-0.2, -0.15) is 0 Å². The van der Waals surface area contributed by atoms with Crippen LogP contribution in [0.3, 0.4) is 0 Å². The summed E-state index contributed by atoms with van der Waals surface area (Å²) in [7, 11) is 1.64. The second-order valence-corrected chi connectivity index (χ2v) is 6.54. The van der Waals surface area contributed by atoms with Crippen molar-refractivity contribution >= 4 is 17.6 Å². The van der Waals surface area contributed by atoms with Crippen molar-refractivity contribution in [1.29, 1.82) is 0 Å². The molecule has 2 fully saturated rings. The van der Waals surface area contributed by atoms with Crippen LogP contribution >= 0.6 is 0 Å². The molecule has 130 valence electrons. The Morgan fingerprint density at radius 3 is 3.00 bits per heavy atom. The van der Waals surface area contributed by atoms with E-state index in [0.29, 0.717) is 19.7 Å². The fraction of sp³-hybridized carbons (Fsp3) is 0.588. The molecule has 3 heterocycles. The number of ether oxygens (including phenoxy) is 1. The Labute approximate surface area is 141 Å². The van der Waals surface area contributed by atoms with Crippen molar-refractivity contribution in [3.8, 4) is 0 Å². The number of hydrogen-bond acceptors (Lipinski definition) is 5. The third kappa shape index (κ3) is 3.08. The van der Waals surface area contributed by atoms with Gasteiger partial charge in [-0.05, 0) is 31.4 Å². The number of carboxylic acids is 1. The van der Waals surface area contributed by atoms with Crippen LogP contribution in [0.15, 0.2) is 18.3 Å². The standard InChI is InChI=1S/C17H23N3O4/c1-24-10-9-19-7-2-4-17(16(19)23)5-8-20(12-17)13-3-6-18-14(11-13)15(21)22/h3,6,11H,2,4-5,7-10,12H2,1H3,(H,21,22)/t17-/m1/s1. The van der Waals surface area contributed by atoms with Gasteiger partial charge in [-0.1, -0.05) is 0 Å². The zero-order valence-corrected chi connectivity index (χ0v) is 13.9. The van der Waals surface area contributed by atoms with Crippen LogP contribution in [0.25, 0.3) is 0 Å². The number of carboxylic acid groups (broad SMARTS) is 1. The minimum absolute atomic E-state index is 0.0325. The quantitative estimate of drug-likeness (QED) is 0.873. The number of carbonyl (C=O) groups is 2. The SMILES string of the molecule is COCCN1CCC[C@]2(CCN(c3ccnc(C(=O)O)c3)C2)C1=O. The summed E-state index contributed by atoms with van der Waals surface area (Å²) in [4.78, 5) is 31.9. The van der Waals surface area contributed by atoms with Crippen LogP contribution in [0.4, 0.5) is 5.69 Å². The molecule has 0 aromatic carbocycles. The van der Waals surface area contributed by atoms with Gasteiger partial charge in [0, 0.05) is 45.2 Å². The molecule has 7 heteroatoms. The first kappa shape index (κ1) is 16.7. The first-order valence-electron chi connectivity index (χ1n) is 8.28. The maximum absolute atomic E-state index is 12.9. The largest absolute Gasteiger partial charge is 0.477 e. The fourth-order valence-corrected chi connectivity index (χ4v) is 3.77. The van der Waals surface area contributed by atoms with Gasteiger partial charge in [0.05, 0.1) is 12.0 Å². The Morgan fingerprint density at radius 2 is 2.25 bits per heavy atom. The van der Waals surface area contributed by atoms with Crippen molar-refractivity contribution in [3.05, 3.63) is 24.0 Å². The number of nitrogens with zero attached hydrogens (tertiary/aromatic N) is 3. The smallest absolute Gasteiger partial charge is 0.354 e. The first-order valence-corrected chi connectivity index (χ1v) is 8.28. The lowest BCUT2D eigenvalue weighted by atomic mass is 9.78. The highest BCUT2D eigenvalue weighted by molar-refractivity contribution is 5.87. The average Bonchev–Trinajstić information content (AvgIpc) is 3.02. The van der Waals surface area contributed by atoms with Crippen molar-refractivity contribution in [2.45, 2.75) is 19.3 Å². The predicted octanol–water partition coefficient (Wildman–Crippen LogP) is 1.25. The van der Waals surface area contributed by atoms with Crippen LogP contribution < -0.4 is 4.90 Å². The Hall–Kier alpha value is -2.15. The summed E-state index contributed by atoms with van der Waals surface area (Å²) in [6.45, 7) is 3.38. The van der Waals surface area contributed by atoms with Crippen molar-refractivity contribution in [2.24, 2.45) is 5.41 Å². The Balaban J connectivity index is 1.75. The molecule has 0 saturated carbocycles. The number of rotatable bonds is 5. The molecule has 7 nitrogen and oxygen atoms in total. The summed E-state index contributed by atoms with van der Waals surface area (Å²) in [6.07, 6.45) is 4.21. The molecule has 1 atom stereocenters. The van der Waals surface area contributed by atoms with Crippen molar-refractivity contribution in [2.75, 3.05) is 44.8 Å². The molecule has 0 bridgehead atoms. The second kappa shape index (κ2) is 6.76. The van der Waals surface area contributed by atoms with Crippen LogP contribution in [-0.4, -0.2) is 66.8 Å². The van der Waals surface area contributed by atoms with Gasteiger partial charge in [0.25, 0.3) is 0 Å². The van der Waals surface area contributed by atoms with Crippen molar-refractivity contribution in [3.63, 3.8) is 0 Å². The molecule has 2 saturated heterocycles. The van der Waals surface area contributed by atoms with Crippen LogP contribution in [0.1, 0.15) is 29.8 Å². The monoisotopic (exact) mass is 333 g/mol. The highest BCUT2D eigenvalue weighted by atomic mass is 16.5. The van der Waals surface area contributed by atoms with E-state index >= 15 is 0 Å². The highest BCUT2D eigenvalue weighted by Crippen LogP contribution is 2.41. The third-order valence-electron chi connectivity index (χ3n) is 5.07. The molecule has 1 aromatic rings. The number of likely N-dealkylation sites (tertiary alicyclic amines) is 1. The molecule has 24 heavy (non-hydrogen) atoms. The van der Waals surface area contributed by atoms with Gasteiger partial charge in [-0.15, -0.1) is 0 Å². The zero-order valence-electron chi connectivity index (χ0n) is 13.9. The van der Waals surface area contributed by atoms with E-state index in [-0.39, 0.29) is 17.0 Å². The number of aromatic nitrogens is 1. The maximum atomic E-state index is 12.9. The van der Waals surface area contributed by atoms with Gasteiger partial charge in [0.1, 0.15) is 5.69 Å². The number of methoxy groups -OCH3 is 1. The van der Waals surface area contributed by atoms with E-state index in [1.165, 1.54) is 6.20 Å². The van der Waals surface area contributed by atoms with Gasteiger partial charge in [0.15, 0.2) is 0 Å². The van der Waals surface area contributed by atoms with Crippen molar-refractivity contribution in [1.82, 2.24) is 9.88 Å². The van der Waals surface area contributed by atoms with E-state index in [2.05, 4.69) is 9.88 Å². The average molecular weight is 333 g/mol. The minimum atomic E-state index is -1.04. The number of amides is 1. The van der Waals surface area contributed by atoms with Gasteiger partial charge < -0.3 is 19.6 Å². The van der Waals surface area contributed by atoms with Crippen LogP contribution in [-0.2, 0) is 9.53 Å². The van der Waals surface area contributed by atoms with Gasteiger partial charge in [-0.25, -0.2) is 9.78 Å². The lowest BCUT2D eigenvalue weighted by molar-refractivity contribution is -0.145. The highest BCUT2D eigenvalue weighted by Gasteiger charge is 2.48. The van der Waals surface area contributed by atoms with E-state index in [4.69, 9.17) is 9.84 Å². The first-order chi connectivity index (χ1) is 11.6. The van der Waals surface area contributed by atoms with Crippen LogP contribution in [0, 0.1) is 5.41 Å². The molecule has 2 aliphatic heterocycles. The van der Waals surface area contributed by atoms with E-state index in [1.54, 1.807) is 19.2 Å².